The maximum Gasteiger partial charge on any atom is 0.140 e. The van der Waals surface area contributed by atoms with E-state index in [1.807, 2.05) is 0 Å². The molecule has 0 radical (unpaired) electrons. The van der Waals surface area contributed by atoms with Gasteiger partial charge in [-0.05, 0) is 26.0 Å². The summed E-state index contributed by atoms with van der Waals surface area (Å²) < 4.78 is 5.06. The maximum atomic E-state index is 11.0. The van der Waals surface area contributed by atoms with Crippen LogP contribution in [-0.4, -0.2) is 11.6 Å². The van der Waals surface area contributed by atoms with E-state index >= 15 is 0 Å². The van der Waals surface area contributed by atoms with Crippen LogP contribution in [0.4, 0.5) is 0 Å². The van der Waals surface area contributed by atoms with E-state index in [1.54, 1.807) is 12.1 Å². The van der Waals surface area contributed by atoms with Crippen molar-refractivity contribution in [3.8, 4) is 0 Å². The highest BCUT2D eigenvalue weighted by atomic mass is 16.3. The van der Waals surface area contributed by atoms with E-state index in [1.165, 1.54) is 20.1 Å². The molecule has 0 bridgehead atoms. The zero-order valence-electron chi connectivity index (χ0n) is 7.74. The second-order valence-electron chi connectivity index (χ2n) is 3.06. The van der Waals surface area contributed by atoms with Crippen LogP contribution in [0, 0.1) is 5.92 Å². The monoisotopic (exact) mass is 180 g/mol. The number of hydrogen-bond acceptors (Lipinski definition) is 3. The van der Waals surface area contributed by atoms with Crippen LogP contribution in [0.2, 0.25) is 0 Å². The Balaban J connectivity index is 2.69. The smallest absolute Gasteiger partial charge is 0.140 e. The van der Waals surface area contributed by atoms with Gasteiger partial charge in [-0.15, -0.1) is 0 Å². The Hall–Kier alpha value is -1.38. The lowest BCUT2D eigenvalue weighted by molar-refractivity contribution is -0.130. The quantitative estimate of drug-likeness (QED) is 0.661. The number of furan rings is 1. The first kappa shape index (κ1) is 9.71. The highest BCUT2D eigenvalue weighted by molar-refractivity contribution is 6.00. The summed E-state index contributed by atoms with van der Waals surface area (Å²) in [4.78, 5) is 22.1. The summed E-state index contributed by atoms with van der Waals surface area (Å²) in [6, 6.07) is 3.51. The van der Waals surface area contributed by atoms with Crippen LogP contribution >= 0.6 is 0 Å². The number of rotatable bonds is 4. The molecule has 3 heteroatoms. The van der Waals surface area contributed by atoms with E-state index in [0.717, 1.165) is 0 Å². The Labute approximate surface area is 76.7 Å². The molecule has 0 aliphatic carbocycles. The lowest BCUT2D eigenvalue weighted by Crippen LogP contribution is -2.21. The van der Waals surface area contributed by atoms with Crippen molar-refractivity contribution < 1.29 is 14.0 Å². The van der Waals surface area contributed by atoms with Crippen LogP contribution in [0.5, 0.6) is 0 Å². The predicted octanol–water partition coefficient (Wildman–Crippen LogP) is 1.62. The molecule has 3 nitrogen and oxygen atoms in total. The van der Waals surface area contributed by atoms with E-state index < -0.39 is 5.92 Å². The Morgan fingerprint density at radius 2 is 2.00 bits per heavy atom. The van der Waals surface area contributed by atoms with Gasteiger partial charge in [0.25, 0.3) is 0 Å². The molecule has 1 rings (SSSR count). The van der Waals surface area contributed by atoms with Gasteiger partial charge in [-0.1, -0.05) is 0 Å². The fraction of sp³-hybridized carbons (Fsp3) is 0.400. The Morgan fingerprint density at radius 3 is 2.38 bits per heavy atom. The summed E-state index contributed by atoms with van der Waals surface area (Å²) in [5.41, 5.74) is 0. The number of Topliss-reactive ketones (excluding diaryl/α,β-unsaturated/α-hetero) is 2. The minimum Gasteiger partial charge on any atom is -0.469 e. The summed E-state index contributed by atoms with van der Waals surface area (Å²) in [7, 11) is 0. The van der Waals surface area contributed by atoms with Gasteiger partial charge in [0.2, 0.25) is 0 Å². The SMILES string of the molecule is CC(=O)C(Cc1ccco1)C(C)=O. The zero-order valence-corrected chi connectivity index (χ0v) is 7.74. The second kappa shape index (κ2) is 4.03. The van der Waals surface area contributed by atoms with Crippen LogP contribution in [0.1, 0.15) is 19.6 Å². The van der Waals surface area contributed by atoms with Gasteiger partial charge in [0.1, 0.15) is 17.3 Å². The van der Waals surface area contributed by atoms with Gasteiger partial charge >= 0.3 is 0 Å². The largest absolute Gasteiger partial charge is 0.469 e. The number of ketones is 2. The van der Waals surface area contributed by atoms with E-state index in [4.69, 9.17) is 4.42 Å². The van der Waals surface area contributed by atoms with E-state index in [9.17, 15) is 9.59 Å². The topological polar surface area (TPSA) is 47.3 Å². The third-order valence-electron chi connectivity index (χ3n) is 1.97. The molecule has 13 heavy (non-hydrogen) atoms. The molecule has 70 valence electrons. The number of carbonyl (C=O) groups excluding carboxylic acids is 2. The second-order valence-corrected chi connectivity index (χ2v) is 3.06. The van der Waals surface area contributed by atoms with Crippen LogP contribution in [0.15, 0.2) is 22.8 Å². The predicted molar refractivity (Wildman–Crippen MR) is 47.3 cm³/mol. The van der Waals surface area contributed by atoms with Crippen LogP contribution < -0.4 is 0 Å². The van der Waals surface area contributed by atoms with Crippen LogP contribution in [0.25, 0.3) is 0 Å². The van der Waals surface area contributed by atoms with Gasteiger partial charge in [0, 0.05) is 6.42 Å². The Bertz CT molecular complexity index is 284. The summed E-state index contributed by atoms with van der Waals surface area (Å²) in [5.74, 6) is -0.0886. The lowest BCUT2D eigenvalue weighted by Gasteiger charge is -2.06. The fourth-order valence-corrected chi connectivity index (χ4v) is 1.20. The van der Waals surface area contributed by atoms with E-state index in [0.29, 0.717) is 12.2 Å². The molecule has 0 aliphatic rings. The number of carbonyl (C=O) groups is 2. The van der Waals surface area contributed by atoms with Crippen molar-refractivity contribution in [1.29, 1.82) is 0 Å². The number of hydrogen-bond donors (Lipinski definition) is 0. The molecule has 0 saturated carbocycles. The molecule has 0 atom stereocenters. The standard InChI is InChI=1S/C10H12O3/c1-7(11)10(8(2)12)6-9-4-3-5-13-9/h3-5,10H,6H2,1-2H3. The molecule has 0 fully saturated rings. The molecule has 0 amide bonds. The van der Waals surface area contributed by atoms with Gasteiger partial charge < -0.3 is 4.42 Å². The van der Waals surface area contributed by atoms with Crippen molar-refractivity contribution in [3.05, 3.63) is 24.2 Å². The normalized spacial score (nSPS) is 10.4. The molecule has 0 aliphatic heterocycles. The third kappa shape index (κ3) is 2.54. The Kier molecular flexibility index (Phi) is 3.01. The summed E-state index contributed by atoms with van der Waals surface area (Å²) in [5, 5.41) is 0. The first-order valence-corrected chi connectivity index (χ1v) is 4.14. The highest BCUT2D eigenvalue weighted by Crippen LogP contribution is 2.11. The fourth-order valence-electron chi connectivity index (χ4n) is 1.20. The van der Waals surface area contributed by atoms with E-state index in [2.05, 4.69) is 0 Å². The van der Waals surface area contributed by atoms with Crippen LogP contribution in [-0.2, 0) is 16.0 Å². The minimum absolute atomic E-state index is 0.107. The molecule has 0 spiro atoms. The van der Waals surface area contributed by atoms with E-state index in [-0.39, 0.29) is 11.6 Å². The van der Waals surface area contributed by atoms with Gasteiger partial charge in [-0.2, -0.15) is 0 Å². The van der Waals surface area contributed by atoms with Gasteiger partial charge in [-0.25, -0.2) is 0 Å². The molecule has 0 N–H and O–H groups in total. The van der Waals surface area contributed by atoms with Crippen LogP contribution in [0.3, 0.4) is 0 Å². The summed E-state index contributed by atoms with van der Waals surface area (Å²) in [6.07, 6.45) is 1.91. The molecule has 1 heterocycles. The third-order valence-corrected chi connectivity index (χ3v) is 1.97. The van der Waals surface area contributed by atoms with Crippen molar-refractivity contribution in [2.45, 2.75) is 20.3 Å². The lowest BCUT2D eigenvalue weighted by atomic mass is 9.96. The molecule has 0 aromatic carbocycles. The van der Waals surface area contributed by atoms with Gasteiger partial charge in [-0.3, -0.25) is 9.59 Å². The van der Waals surface area contributed by atoms with Crippen molar-refractivity contribution >= 4 is 11.6 Å². The molecule has 0 unspecified atom stereocenters. The molecule has 1 aromatic heterocycles. The van der Waals surface area contributed by atoms with Gasteiger partial charge in [0.05, 0.1) is 12.2 Å². The maximum absolute atomic E-state index is 11.0. The molecular weight excluding hydrogens is 168 g/mol. The summed E-state index contributed by atoms with van der Waals surface area (Å²) >= 11 is 0. The average molecular weight is 180 g/mol. The molecule has 0 saturated heterocycles. The van der Waals surface area contributed by atoms with Crippen molar-refractivity contribution in [1.82, 2.24) is 0 Å². The van der Waals surface area contributed by atoms with Crippen molar-refractivity contribution in [2.75, 3.05) is 0 Å². The average Bonchev–Trinajstić information content (AvgIpc) is 2.50. The van der Waals surface area contributed by atoms with Gasteiger partial charge in [0.15, 0.2) is 0 Å². The molecule has 1 aromatic rings. The first-order chi connectivity index (χ1) is 6.11. The van der Waals surface area contributed by atoms with Crippen molar-refractivity contribution in [3.63, 3.8) is 0 Å². The van der Waals surface area contributed by atoms with Crippen molar-refractivity contribution in [2.24, 2.45) is 5.92 Å². The Morgan fingerprint density at radius 1 is 1.38 bits per heavy atom. The minimum atomic E-state index is -0.550. The molecular formula is C10H12O3. The zero-order chi connectivity index (χ0) is 9.84. The first-order valence-electron chi connectivity index (χ1n) is 4.14. The highest BCUT2D eigenvalue weighted by Gasteiger charge is 2.20. The summed E-state index contributed by atoms with van der Waals surface area (Å²) in [6.45, 7) is 2.85.